The maximum absolute atomic E-state index is 13.4. The molecule has 0 spiro atoms. The second-order valence-corrected chi connectivity index (χ2v) is 12.7. The number of carbonyl (C=O) groups is 6. The highest BCUT2D eigenvalue weighted by Crippen LogP contribution is 2.23. The molecule has 48 heavy (non-hydrogen) atoms. The molecule has 16 nitrogen and oxygen atoms in total. The van der Waals surface area contributed by atoms with Crippen molar-refractivity contribution in [2.75, 3.05) is 20.3 Å². The summed E-state index contributed by atoms with van der Waals surface area (Å²) < 4.78 is 32.8. The van der Waals surface area contributed by atoms with E-state index < -0.39 is 115 Å². The molecule has 0 aliphatic carbocycles. The minimum Gasteiger partial charge on any atom is -0.494 e. The topological polar surface area (TPSA) is 227 Å². The molecule has 0 bridgehead atoms. The van der Waals surface area contributed by atoms with E-state index in [1.54, 1.807) is 67.8 Å². The standard InChI is InChI=1S/C32H53N2O14/c1-15(2)23(33-11)29(39)47-21(13-43-31(41)25(37)17(5)6)27(45-19(9)35)28(46-20(10)36)22(14-44-32(42)26(38)18(7)8)48-30(40)24(34-12)16(3)4/h11,15-18,21-28,34,37-38H,13-14H2,1-10,12H3/q-1/p+1/t21-,22-,23-,24+,25+,26-,27-,28+/m1/s1. The van der Waals surface area contributed by atoms with Crippen molar-refractivity contribution in [3.05, 3.63) is 0 Å². The highest BCUT2D eigenvalue weighted by Gasteiger charge is 2.47. The number of carbonyl (C=O) groups excluding carboxylic acids is 6. The van der Waals surface area contributed by atoms with Crippen LogP contribution in [0.1, 0.15) is 69.2 Å². The summed E-state index contributed by atoms with van der Waals surface area (Å²) in [5.41, 5.74) is 0. The molecule has 8 atom stereocenters. The van der Waals surface area contributed by atoms with Gasteiger partial charge in [-0.3, -0.25) is 9.59 Å². The Morgan fingerprint density at radius 3 is 1.25 bits per heavy atom. The quantitative estimate of drug-likeness (QED) is 0.0604. The summed E-state index contributed by atoms with van der Waals surface area (Å²) in [4.78, 5) is 80.3. The Balaban J connectivity index is 7.24. The second kappa shape index (κ2) is 21.4. The fourth-order valence-electron chi connectivity index (χ4n) is 4.27. The van der Waals surface area contributed by atoms with E-state index >= 15 is 0 Å². The zero-order chi connectivity index (χ0) is 37.5. The van der Waals surface area contributed by atoms with Crippen LogP contribution in [0.3, 0.4) is 0 Å². The lowest BCUT2D eigenvalue weighted by Crippen LogP contribution is -2.90. The van der Waals surface area contributed by atoms with E-state index in [0.29, 0.717) is 0 Å². The molecule has 4 N–H and O–H groups in total. The number of nitrogens with two attached hydrogens (primary N) is 1. The lowest BCUT2D eigenvalue weighted by molar-refractivity contribution is -0.658. The minimum absolute atomic E-state index is 0.265. The van der Waals surface area contributed by atoms with Gasteiger partial charge in [-0.1, -0.05) is 55.4 Å². The molecule has 276 valence electrons. The number of rotatable bonds is 21. The Morgan fingerprint density at radius 2 is 0.979 bits per heavy atom. The van der Waals surface area contributed by atoms with Crippen molar-refractivity contribution in [1.29, 1.82) is 0 Å². The van der Waals surface area contributed by atoms with Gasteiger partial charge in [-0.25, -0.2) is 19.2 Å². The molecule has 0 aliphatic heterocycles. The molecule has 16 heteroatoms. The normalized spacial score (nSPS) is 16.5. The lowest BCUT2D eigenvalue weighted by atomic mass is 10.0. The van der Waals surface area contributed by atoms with Crippen LogP contribution in [0.15, 0.2) is 4.99 Å². The molecule has 0 saturated heterocycles. The van der Waals surface area contributed by atoms with Crippen molar-refractivity contribution in [1.82, 2.24) is 0 Å². The predicted molar refractivity (Wildman–Crippen MR) is 168 cm³/mol. The first kappa shape index (κ1) is 44.4. The van der Waals surface area contributed by atoms with E-state index in [-0.39, 0.29) is 5.92 Å². The molecule has 0 radical (unpaired) electrons. The van der Waals surface area contributed by atoms with Gasteiger partial charge in [0.2, 0.25) is 0 Å². The van der Waals surface area contributed by atoms with Gasteiger partial charge in [0.15, 0.2) is 42.7 Å². The van der Waals surface area contributed by atoms with Gasteiger partial charge in [0.1, 0.15) is 19.3 Å². The van der Waals surface area contributed by atoms with Gasteiger partial charge in [0, 0.05) is 19.8 Å². The number of aliphatic hydroxyl groups excluding tert-OH is 2. The van der Waals surface area contributed by atoms with Crippen LogP contribution >= 0.6 is 0 Å². The lowest BCUT2D eigenvalue weighted by Gasteiger charge is -2.36. The first-order chi connectivity index (χ1) is 22.2. The van der Waals surface area contributed by atoms with Crippen LogP contribution in [0.25, 0.3) is 0 Å². The predicted octanol–water partition coefficient (Wildman–Crippen LogP) is -0.386. The van der Waals surface area contributed by atoms with Crippen LogP contribution < -0.4 is 5.32 Å². The van der Waals surface area contributed by atoms with Crippen molar-refractivity contribution >= 4 is 42.5 Å². The third kappa shape index (κ3) is 14.6. The van der Waals surface area contributed by atoms with Crippen LogP contribution in [0.5, 0.6) is 0 Å². The van der Waals surface area contributed by atoms with Crippen molar-refractivity contribution in [2.24, 2.45) is 28.7 Å². The Kier molecular flexibility index (Phi) is 19.7. The number of aliphatic hydroxyl groups is 2. The number of likely N-dealkylation sites (N-methyl/N-ethyl adjacent to an activating group) is 1. The number of ether oxygens (including phenoxy) is 6. The monoisotopic (exact) mass is 690 g/mol. The molecule has 0 saturated carbocycles. The third-order valence-corrected chi connectivity index (χ3v) is 7.10. The summed E-state index contributed by atoms with van der Waals surface area (Å²) >= 11 is 0. The van der Waals surface area contributed by atoms with Gasteiger partial charge in [0.25, 0.3) is 0 Å². The molecule has 0 aromatic carbocycles. The van der Waals surface area contributed by atoms with Crippen LogP contribution in [-0.4, -0.2) is 122 Å². The SMILES string of the molecule is [CH-]=N[C@@H](C(=O)O[C@H](COC(=O)[C@@H](O)C(C)C)[C@@H](OC(C)=O)[C@@H](OC(C)=O)[C@@H](COC(=O)[C@H](O)C(C)C)OC(=O)[C@@H]([NH2+]C)C(C)C)C(C)C. The summed E-state index contributed by atoms with van der Waals surface area (Å²) in [5.74, 6) is -7.93. The number of aliphatic imine (C=N–C) groups is 1. The highest BCUT2D eigenvalue weighted by atomic mass is 16.6. The van der Waals surface area contributed by atoms with Crippen LogP contribution in [-0.2, 0) is 57.2 Å². The number of hydrogen-bond acceptors (Lipinski definition) is 15. The molecular weight excluding hydrogens is 636 g/mol. The van der Waals surface area contributed by atoms with Gasteiger partial charge < -0.3 is 55.7 Å². The number of esters is 6. The number of quaternary nitrogens is 1. The summed E-state index contributed by atoms with van der Waals surface area (Å²) in [6.45, 7) is 18.7. The fourth-order valence-corrected chi connectivity index (χ4v) is 4.27. The van der Waals surface area contributed by atoms with Gasteiger partial charge in [-0.2, -0.15) is 0 Å². The Labute approximate surface area is 282 Å². The summed E-state index contributed by atoms with van der Waals surface area (Å²) in [5, 5.41) is 22.0. The van der Waals surface area contributed by atoms with Gasteiger partial charge in [0.05, 0.1) is 7.05 Å². The van der Waals surface area contributed by atoms with Crippen molar-refractivity contribution in [2.45, 2.75) is 118 Å². The average Bonchev–Trinajstić information content (AvgIpc) is 2.97. The second-order valence-electron chi connectivity index (χ2n) is 12.7. The Morgan fingerprint density at radius 1 is 0.604 bits per heavy atom. The molecule has 0 fully saturated rings. The number of hydrogen-bond donors (Lipinski definition) is 3. The summed E-state index contributed by atoms with van der Waals surface area (Å²) in [6.07, 6.45) is -10.4. The molecular formula is C32H54N2O14. The van der Waals surface area contributed by atoms with Crippen molar-refractivity contribution < 1.29 is 72.7 Å². The molecule has 0 heterocycles. The molecule has 0 amide bonds. The fraction of sp³-hybridized carbons (Fsp3) is 0.781. The minimum atomic E-state index is -1.88. The smallest absolute Gasteiger partial charge is 0.365 e. The number of nitrogens with zero attached hydrogens (tertiary/aromatic N) is 1. The largest absolute Gasteiger partial charge is 0.494 e. The first-order valence-corrected chi connectivity index (χ1v) is 15.8. The molecule has 0 rings (SSSR count). The van der Waals surface area contributed by atoms with Gasteiger partial charge >= 0.3 is 35.8 Å². The van der Waals surface area contributed by atoms with E-state index in [1.165, 1.54) is 0 Å². The van der Waals surface area contributed by atoms with E-state index in [1.807, 2.05) is 0 Å². The van der Waals surface area contributed by atoms with Crippen molar-refractivity contribution in [3.8, 4) is 0 Å². The van der Waals surface area contributed by atoms with Crippen molar-refractivity contribution in [3.63, 3.8) is 0 Å². The van der Waals surface area contributed by atoms with E-state index in [4.69, 9.17) is 35.1 Å². The zero-order valence-corrected chi connectivity index (χ0v) is 29.7. The maximum Gasteiger partial charge on any atom is 0.365 e. The zero-order valence-electron chi connectivity index (χ0n) is 29.7. The summed E-state index contributed by atoms with van der Waals surface area (Å²) in [6, 6.07) is -2.03. The Bertz CT molecular complexity index is 1090. The maximum atomic E-state index is 13.4. The van der Waals surface area contributed by atoms with Crippen LogP contribution in [0.4, 0.5) is 0 Å². The van der Waals surface area contributed by atoms with E-state index in [2.05, 4.69) is 4.99 Å². The molecule has 0 unspecified atom stereocenters. The van der Waals surface area contributed by atoms with Gasteiger partial charge in [-0.05, 0) is 17.8 Å². The van der Waals surface area contributed by atoms with E-state index in [0.717, 1.165) is 13.8 Å². The average molecular weight is 691 g/mol. The summed E-state index contributed by atoms with van der Waals surface area (Å²) in [7, 11) is 1.62. The van der Waals surface area contributed by atoms with E-state index in [9.17, 15) is 39.0 Å². The molecule has 0 aromatic heterocycles. The molecule has 0 aromatic rings. The Hall–Kier alpha value is -3.63. The first-order valence-electron chi connectivity index (χ1n) is 15.8. The van der Waals surface area contributed by atoms with Crippen LogP contribution in [0, 0.1) is 23.7 Å². The van der Waals surface area contributed by atoms with Crippen LogP contribution in [0.2, 0.25) is 0 Å². The molecule has 0 aliphatic rings. The third-order valence-electron chi connectivity index (χ3n) is 7.10. The van der Waals surface area contributed by atoms with Gasteiger partial charge in [-0.15, -0.1) is 0 Å². The highest BCUT2D eigenvalue weighted by molar-refractivity contribution is 5.78.